The van der Waals surface area contributed by atoms with Crippen molar-refractivity contribution in [2.24, 2.45) is 0 Å². The molecule has 3 nitrogen and oxygen atoms in total. The molecular formula is C8H5ClF3NO2. The van der Waals surface area contributed by atoms with Crippen LogP contribution >= 0.6 is 11.6 Å². The molecule has 0 saturated heterocycles. The van der Waals surface area contributed by atoms with Crippen molar-refractivity contribution in [2.75, 3.05) is 0 Å². The first kappa shape index (κ1) is 11.8. The summed E-state index contributed by atoms with van der Waals surface area (Å²) in [5.41, 5.74) is -1.15. The lowest BCUT2D eigenvalue weighted by Crippen LogP contribution is -2.06. The van der Waals surface area contributed by atoms with E-state index < -0.39 is 41.0 Å². The van der Waals surface area contributed by atoms with Gasteiger partial charge in [-0.1, -0.05) is 11.6 Å². The Kier molecular flexibility index (Phi) is 3.52. The van der Waals surface area contributed by atoms with Crippen LogP contribution < -0.4 is 0 Å². The highest BCUT2D eigenvalue weighted by molar-refractivity contribution is 6.32. The molecule has 7 heteroatoms. The maximum atomic E-state index is 12.7. The Balaban J connectivity index is 3.21. The fraction of sp³-hybridized carbons (Fsp3) is 0.250. The Morgan fingerprint density at radius 2 is 2.20 bits per heavy atom. The standard InChI is InChI=1S/C8H5ClF3NO2/c9-7-3(8(11)12)1-5(10)13-4(7)2-6(14)15/h1,8H,2H2,(H,14,15). The minimum Gasteiger partial charge on any atom is -0.481 e. The van der Waals surface area contributed by atoms with Crippen molar-refractivity contribution in [1.29, 1.82) is 0 Å². The lowest BCUT2D eigenvalue weighted by atomic mass is 10.2. The third kappa shape index (κ3) is 2.82. The maximum absolute atomic E-state index is 12.7. The van der Waals surface area contributed by atoms with Gasteiger partial charge < -0.3 is 5.11 Å². The van der Waals surface area contributed by atoms with Crippen LogP contribution in [-0.2, 0) is 11.2 Å². The number of aromatic nitrogens is 1. The molecule has 15 heavy (non-hydrogen) atoms. The maximum Gasteiger partial charge on any atom is 0.309 e. The monoisotopic (exact) mass is 239 g/mol. The van der Waals surface area contributed by atoms with Crippen molar-refractivity contribution in [2.45, 2.75) is 12.8 Å². The van der Waals surface area contributed by atoms with E-state index in [4.69, 9.17) is 16.7 Å². The second-order valence-electron chi connectivity index (χ2n) is 2.67. The van der Waals surface area contributed by atoms with Crippen molar-refractivity contribution in [3.05, 3.63) is 28.3 Å². The number of rotatable bonds is 3. The molecule has 0 aromatic carbocycles. The van der Waals surface area contributed by atoms with Gasteiger partial charge in [-0.15, -0.1) is 0 Å². The number of aliphatic carboxylic acids is 1. The number of hydrogen-bond acceptors (Lipinski definition) is 2. The second-order valence-corrected chi connectivity index (χ2v) is 3.04. The molecule has 82 valence electrons. The number of pyridine rings is 1. The van der Waals surface area contributed by atoms with E-state index in [1.165, 1.54) is 0 Å². The highest BCUT2D eigenvalue weighted by Crippen LogP contribution is 2.29. The molecular weight excluding hydrogens is 235 g/mol. The van der Waals surface area contributed by atoms with Crippen LogP contribution in [0.25, 0.3) is 0 Å². The Labute approximate surface area is 87.5 Å². The van der Waals surface area contributed by atoms with Crippen LogP contribution in [0.1, 0.15) is 17.7 Å². The van der Waals surface area contributed by atoms with Crippen LogP contribution in [0.2, 0.25) is 5.02 Å². The van der Waals surface area contributed by atoms with E-state index in [2.05, 4.69) is 4.98 Å². The smallest absolute Gasteiger partial charge is 0.309 e. The van der Waals surface area contributed by atoms with E-state index in [1.807, 2.05) is 0 Å². The van der Waals surface area contributed by atoms with Gasteiger partial charge in [0.2, 0.25) is 5.95 Å². The zero-order valence-corrected chi connectivity index (χ0v) is 7.93. The van der Waals surface area contributed by atoms with Gasteiger partial charge >= 0.3 is 5.97 Å². The van der Waals surface area contributed by atoms with Crippen LogP contribution in [0, 0.1) is 5.95 Å². The summed E-state index contributed by atoms with van der Waals surface area (Å²) in [5.74, 6) is -2.50. The van der Waals surface area contributed by atoms with Gasteiger partial charge in [0.25, 0.3) is 6.43 Å². The van der Waals surface area contributed by atoms with Crippen LogP contribution in [-0.4, -0.2) is 16.1 Å². The van der Waals surface area contributed by atoms with Crippen molar-refractivity contribution >= 4 is 17.6 Å². The van der Waals surface area contributed by atoms with Gasteiger partial charge in [-0.2, -0.15) is 4.39 Å². The summed E-state index contributed by atoms with van der Waals surface area (Å²) in [6.45, 7) is 0. The molecule has 0 aliphatic heterocycles. The molecule has 0 aliphatic carbocycles. The van der Waals surface area contributed by atoms with Gasteiger partial charge in [0.1, 0.15) is 0 Å². The number of carbonyl (C=O) groups is 1. The molecule has 0 aliphatic rings. The summed E-state index contributed by atoms with van der Waals surface area (Å²) < 4.78 is 37.3. The third-order valence-corrected chi connectivity index (χ3v) is 2.01. The lowest BCUT2D eigenvalue weighted by molar-refractivity contribution is -0.136. The van der Waals surface area contributed by atoms with E-state index in [0.717, 1.165) is 0 Å². The van der Waals surface area contributed by atoms with E-state index >= 15 is 0 Å². The number of carboxylic acid groups (broad SMARTS) is 1. The molecule has 1 heterocycles. The van der Waals surface area contributed by atoms with E-state index in [9.17, 15) is 18.0 Å². The zero-order chi connectivity index (χ0) is 11.6. The molecule has 0 atom stereocenters. The Hall–Kier alpha value is -1.30. The second kappa shape index (κ2) is 4.48. The van der Waals surface area contributed by atoms with E-state index in [0.29, 0.717) is 6.07 Å². The predicted octanol–water partition coefficient (Wildman–Crippen LogP) is 2.44. The SMILES string of the molecule is O=C(O)Cc1nc(F)cc(C(F)F)c1Cl. The molecule has 0 bridgehead atoms. The number of hydrogen-bond donors (Lipinski definition) is 1. The van der Waals surface area contributed by atoms with Crippen molar-refractivity contribution < 1.29 is 23.1 Å². The first-order chi connectivity index (χ1) is 6.91. The molecule has 1 aromatic heterocycles. The zero-order valence-electron chi connectivity index (χ0n) is 7.18. The predicted molar refractivity (Wildman–Crippen MR) is 45.5 cm³/mol. The van der Waals surface area contributed by atoms with Gasteiger partial charge in [-0.3, -0.25) is 4.79 Å². The average molecular weight is 240 g/mol. The highest BCUT2D eigenvalue weighted by Gasteiger charge is 2.19. The first-order valence-electron chi connectivity index (χ1n) is 3.76. The Bertz CT molecular complexity index is 398. The number of carboxylic acids is 1. The fourth-order valence-corrected chi connectivity index (χ4v) is 1.23. The first-order valence-corrected chi connectivity index (χ1v) is 4.14. The summed E-state index contributed by atoms with van der Waals surface area (Å²) in [4.78, 5) is 13.4. The van der Waals surface area contributed by atoms with Gasteiger partial charge in [0.15, 0.2) is 0 Å². The van der Waals surface area contributed by atoms with Crippen molar-refractivity contribution in [3.8, 4) is 0 Å². The summed E-state index contributed by atoms with van der Waals surface area (Å²) in [6, 6.07) is 0.484. The normalized spacial score (nSPS) is 10.7. The molecule has 0 fully saturated rings. The van der Waals surface area contributed by atoms with Crippen LogP contribution in [0.5, 0.6) is 0 Å². The fourth-order valence-electron chi connectivity index (χ4n) is 0.988. The Morgan fingerprint density at radius 1 is 1.60 bits per heavy atom. The number of alkyl halides is 2. The summed E-state index contributed by atoms with van der Waals surface area (Å²) in [7, 11) is 0. The molecule has 1 N–H and O–H groups in total. The molecule has 1 aromatic rings. The topological polar surface area (TPSA) is 50.2 Å². The number of halogens is 4. The van der Waals surface area contributed by atoms with Crippen LogP contribution in [0.15, 0.2) is 6.07 Å². The minimum atomic E-state index is -2.97. The average Bonchev–Trinajstić information content (AvgIpc) is 2.09. The van der Waals surface area contributed by atoms with Crippen LogP contribution in [0.3, 0.4) is 0 Å². The molecule has 0 saturated carbocycles. The summed E-state index contributed by atoms with van der Waals surface area (Å²) >= 11 is 5.45. The lowest BCUT2D eigenvalue weighted by Gasteiger charge is -2.06. The summed E-state index contributed by atoms with van der Waals surface area (Å²) in [5, 5.41) is 7.90. The summed E-state index contributed by atoms with van der Waals surface area (Å²) in [6.07, 6.45) is -3.67. The third-order valence-electron chi connectivity index (χ3n) is 1.58. The van der Waals surface area contributed by atoms with E-state index in [-0.39, 0.29) is 0 Å². The quantitative estimate of drug-likeness (QED) is 0.824. The molecule has 0 spiro atoms. The molecule has 0 unspecified atom stereocenters. The van der Waals surface area contributed by atoms with Gasteiger partial charge in [-0.25, -0.2) is 13.8 Å². The minimum absolute atomic E-state index is 0.403. The molecule has 1 rings (SSSR count). The Morgan fingerprint density at radius 3 is 2.67 bits per heavy atom. The number of nitrogens with zero attached hydrogens (tertiary/aromatic N) is 1. The van der Waals surface area contributed by atoms with Crippen molar-refractivity contribution in [3.63, 3.8) is 0 Å². The molecule has 0 amide bonds. The van der Waals surface area contributed by atoms with E-state index in [1.54, 1.807) is 0 Å². The highest BCUT2D eigenvalue weighted by atomic mass is 35.5. The van der Waals surface area contributed by atoms with Gasteiger partial charge in [-0.05, 0) is 0 Å². The largest absolute Gasteiger partial charge is 0.481 e. The van der Waals surface area contributed by atoms with Gasteiger partial charge in [0, 0.05) is 11.6 Å². The van der Waals surface area contributed by atoms with Gasteiger partial charge in [0.05, 0.1) is 17.1 Å². The molecule has 0 radical (unpaired) electrons. The van der Waals surface area contributed by atoms with Crippen molar-refractivity contribution in [1.82, 2.24) is 4.98 Å². The van der Waals surface area contributed by atoms with Crippen LogP contribution in [0.4, 0.5) is 13.2 Å².